The second kappa shape index (κ2) is 7.26. The molecular formula is C16H19N2PS2. The van der Waals surface area contributed by atoms with Crippen LogP contribution in [0.15, 0.2) is 65.4 Å². The van der Waals surface area contributed by atoms with Crippen molar-refractivity contribution in [2.75, 3.05) is 20.4 Å². The molecule has 21 heavy (non-hydrogen) atoms. The maximum atomic E-state index is 5.47. The van der Waals surface area contributed by atoms with E-state index in [0.29, 0.717) is 5.11 Å². The zero-order chi connectivity index (χ0) is 15.3. The van der Waals surface area contributed by atoms with E-state index in [1.54, 1.807) is 11.4 Å². The molecule has 2 aromatic rings. The summed E-state index contributed by atoms with van der Waals surface area (Å²) in [5.74, 6) is 0. The summed E-state index contributed by atoms with van der Waals surface area (Å²) in [6.45, 7) is 0. The van der Waals surface area contributed by atoms with Crippen molar-refractivity contribution in [2.45, 2.75) is 0 Å². The molecule has 0 spiro atoms. The summed E-state index contributed by atoms with van der Waals surface area (Å²) >= 11 is 7.27. The first-order valence-electron chi connectivity index (χ1n) is 6.61. The molecule has 0 N–H and O–H groups in total. The highest BCUT2D eigenvalue weighted by molar-refractivity contribution is 8.63. The third-order valence-corrected chi connectivity index (χ3v) is 9.77. The first-order chi connectivity index (χ1) is 10.1. The van der Waals surface area contributed by atoms with E-state index in [-0.39, 0.29) is 0 Å². The highest BCUT2D eigenvalue weighted by atomic mass is 32.7. The summed E-state index contributed by atoms with van der Waals surface area (Å²) in [4.78, 5) is 1.90. The van der Waals surface area contributed by atoms with Gasteiger partial charge in [-0.1, -0.05) is 60.7 Å². The molecule has 0 bridgehead atoms. The van der Waals surface area contributed by atoms with Gasteiger partial charge in [0, 0.05) is 24.7 Å². The largest absolute Gasteiger partial charge is 0.354 e. The van der Waals surface area contributed by atoms with E-state index in [1.165, 1.54) is 10.6 Å². The van der Waals surface area contributed by atoms with Gasteiger partial charge in [-0.25, -0.2) is 4.74 Å². The monoisotopic (exact) mass is 334 g/mol. The zero-order valence-corrected chi connectivity index (χ0v) is 15.0. The molecule has 0 aliphatic rings. The molecule has 2 rings (SSSR count). The molecule has 0 atom stereocenters. The topological polar surface area (TPSA) is 15.6 Å². The van der Waals surface area contributed by atoms with Crippen molar-refractivity contribution < 1.29 is 0 Å². The Balaban J connectivity index is 2.72. The predicted octanol–water partition coefficient (Wildman–Crippen LogP) is 3.96. The van der Waals surface area contributed by atoms with Crippen molar-refractivity contribution in [3.63, 3.8) is 0 Å². The minimum absolute atomic E-state index is 0.644. The molecule has 0 saturated carbocycles. The van der Waals surface area contributed by atoms with Crippen molar-refractivity contribution in [1.82, 2.24) is 4.90 Å². The van der Waals surface area contributed by atoms with Gasteiger partial charge < -0.3 is 4.90 Å². The standard InChI is InChI=1S/C16H19N2PS2/c1-18(2)16(20)17-19(21-3,14-10-6-4-7-11-14)15-12-8-5-9-13-15/h4-13H,1-3H3. The maximum Gasteiger partial charge on any atom is 0.194 e. The number of nitrogens with zero attached hydrogens (tertiary/aromatic N) is 2. The number of hydrogen-bond donors (Lipinski definition) is 0. The van der Waals surface area contributed by atoms with Crippen molar-refractivity contribution >= 4 is 45.6 Å². The van der Waals surface area contributed by atoms with Gasteiger partial charge in [-0.2, -0.15) is 0 Å². The lowest BCUT2D eigenvalue weighted by Gasteiger charge is -2.25. The van der Waals surface area contributed by atoms with Crippen molar-refractivity contribution in [1.29, 1.82) is 0 Å². The van der Waals surface area contributed by atoms with E-state index < -0.39 is 6.26 Å². The first kappa shape index (κ1) is 16.3. The Labute approximate surface area is 136 Å². The van der Waals surface area contributed by atoms with Gasteiger partial charge in [-0.3, -0.25) is 0 Å². The van der Waals surface area contributed by atoms with Gasteiger partial charge in [0.1, 0.15) is 0 Å². The fourth-order valence-electron chi connectivity index (χ4n) is 1.99. The van der Waals surface area contributed by atoms with Crippen LogP contribution in [0.1, 0.15) is 0 Å². The normalized spacial score (nSPS) is 11.0. The van der Waals surface area contributed by atoms with Gasteiger partial charge >= 0.3 is 0 Å². The maximum absolute atomic E-state index is 5.47. The van der Waals surface area contributed by atoms with Gasteiger partial charge in [-0.15, -0.1) is 11.4 Å². The molecule has 0 fully saturated rings. The van der Waals surface area contributed by atoms with Crippen LogP contribution in [0, 0.1) is 0 Å². The summed E-state index contributed by atoms with van der Waals surface area (Å²) < 4.78 is 5.00. The highest BCUT2D eigenvalue weighted by Crippen LogP contribution is 2.58. The fraction of sp³-hybridized carbons (Fsp3) is 0.188. The average Bonchev–Trinajstić information content (AvgIpc) is 2.54. The van der Waals surface area contributed by atoms with Crippen LogP contribution in [-0.4, -0.2) is 30.4 Å². The molecule has 2 aromatic carbocycles. The van der Waals surface area contributed by atoms with Crippen LogP contribution < -0.4 is 10.6 Å². The Morgan fingerprint density at radius 2 is 1.38 bits per heavy atom. The van der Waals surface area contributed by atoms with Crippen molar-refractivity contribution in [2.24, 2.45) is 4.74 Å². The van der Waals surface area contributed by atoms with E-state index in [2.05, 4.69) is 54.8 Å². The third-order valence-electron chi connectivity index (χ3n) is 3.09. The number of hydrogen-bond acceptors (Lipinski definition) is 2. The Morgan fingerprint density at radius 1 is 0.952 bits per heavy atom. The van der Waals surface area contributed by atoms with Gasteiger partial charge in [-0.05, 0) is 18.5 Å². The molecule has 0 amide bonds. The van der Waals surface area contributed by atoms with E-state index in [9.17, 15) is 0 Å². The second-order valence-electron chi connectivity index (χ2n) is 4.71. The summed E-state index contributed by atoms with van der Waals surface area (Å²) in [7, 11) is 3.88. The summed E-state index contributed by atoms with van der Waals surface area (Å²) in [5, 5.41) is 3.13. The van der Waals surface area contributed by atoms with E-state index >= 15 is 0 Å². The van der Waals surface area contributed by atoms with Crippen LogP contribution in [0.3, 0.4) is 0 Å². The van der Waals surface area contributed by atoms with Gasteiger partial charge in [0.15, 0.2) is 5.11 Å². The van der Waals surface area contributed by atoms with Crippen LogP contribution in [0.5, 0.6) is 0 Å². The van der Waals surface area contributed by atoms with E-state index in [4.69, 9.17) is 17.0 Å². The molecule has 0 heterocycles. The fourth-order valence-corrected chi connectivity index (χ4v) is 7.59. The number of thiocarbonyl (C=S) groups is 1. The van der Waals surface area contributed by atoms with Gasteiger partial charge in [0.05, 0.1) is 6.26 Å². The molecule has 0 aliphatic heterocycles. The molecule has 0 aromatic heterocycles. The number of rotatable bonds is 3. The number of benzene rings is 2. The SMILES string of the molecule is CSP(=NC(=S)N(C)C)(c1ccccc1)c1ccccc1. The minimum Gasteiger partial charge on any atom is -0.354 e. The van der Waals surface area contributed by atoms with Crippen LogP contribution in [0.2, 0.25) is 0 Å². The molecule has 0 aliphatic carbocycles. The summed E-state index contributed by atoms with van der Waals surface area (Å²) in [6.07, 6.45) is 0.188. The quantitative estimate of drug-likeness (QED) is 0.624. The molecule has 0 saturated heterocycles. The van der Waals surface area contributed by atoms with Crippen LogP contribution in [0.4, 0.5) is 0 Å². The minimum atomic E-state index is -1.93. The van der Waals surface area contributed by atoms with Gasteiger partial charge in [0.2, 0.25) is 0 Å². The smallest absolute Gasteiger partial charge is 0.194 e. The lowest BCUT2D eigenvalue weighted by Crippen LogP contribution is -2.20. The zero-order valence-electron chi connectivity index (χ0n) is 12.4. The third kappa shape index (κ3) is 3.57. The lowest BCUT2D eigenvalue weighted by atomic mass is 10.4. The van der Waals surface area contributed by atoms with Crippen molar-refractivity contribution in [3.8, 4) is 0 Å². The van der Waals surface area contributed by atoms with Crippen LogP contribution in [-0.2, 0) is 0 Å². The predicted molar refractivity (Wildman–Crippen MR) is 101 cm³/mol. The van der Waals surface area contributed by atoms with E-state index in [0.717, 1.165) is 0 Å². The Morgan fingerprint density at radius 3 is 1.71 bits per heavy atom. The Kier molecular flexibility index (Phi) is 5.63. The Bertz CT molecular complexity index is 611. The molecular weight excluding hydrogens is 315 g/mol. The lowest BCUT2D eigenvalue weighted by molar-refractivity contribution is 0.629. The molecule has 2 nitrogen and oxygen atoms in total. The highest BCUT2D eigenvalue weighted by Gasteiger charge is 2.24. The summed E-state index contributed by atoms with van der Waals surface area (Å²) in [6, 6.07) is 20.9. The van der Waals surface area contributed by atoms with Crippen molar-refractivity contribution in [3.05, 3.63) is 60.7 Å². The van der Waals surface area contributed by atoms with E-state index in [1.807, 2.05) is 31.1 Å². The molecule has 5 heteroatoms. The summed E-state index contributed by atoms with van der Waals surface area (Å²) in [5.41, 5.74) is 0. The Hall–Kier alpha value is -1.09. The molecule has 0 radical (unpaired) electrons. The molecule has 110 valence electrons. The van der Waals surface area contributed by atoms with Crippen LogP contribution >= 0.6 is 29.9 Å². The average molecular weight is 334 g/mol. The second-order valence-corrected chi connectivity index (χ2v) is 10.5. The molecule has 0 unspecified atom stereocenters. The van der Waals surface area contributed by atoms with Crippen LogP contribution in [0.25, 0.3) is 0 Å². The van der Waals surface area contributed by atoms with Gasteiger partial charge in [0.25, 0.3) is 0 Å². The first-order valence-corrected chi connectivity index (χ1v) is 10.6.